The maximum Gasteiger partial charge on any atom is 0.336 e. The van der Waals surface area contributed by atoms with E-state index in [1.54, 1.807) is 46.5 Å². The number of rotatable bonds is 4. The lowest BCUT2D eigenvalue weighted by molar-refractivity contribution is 0.0697. The fourth-order valence-corrected chi connectivity index (χ4v) is 3.27. The van der Waals surface area contributed by atoms with Crippen LogP contribution in [0.2, 0.25) is 0 Å². The van der Waals surface area contributed by atoms with Gasteiger partial charge in [-0.15, -0.1) is 16.4 Å². The van der Waals surface area contributed by atoms with Crippen molar-refractivity contribution < 1.29 is 9.90 Å². The van der Waals surface area contributed by atoms with Crippen molar-refractivity contribution in [1.29, 1.82) is 0 Å². The summed E-state index contributed by atoms with van der Waals surface area (Å²) in [5, 5.41) is 19.6. The Labute approximate surface area is 140 Å². The zero-order valence-electron chi connectivity index (χ0n) is 12.7. The predicted octanol–water partition coefficient (Wildman–Crippen LogP) is 2.96. The molecule has 1 aromatic carbocycles. The molecule has 0 spiro atoms. The molecule has 24 heavy (non-hydrogen) atoms. The Morgan fingerprint density at radius 3 is 2.92 bits per heavy atom. The highest BCUT2D eigenvalue weighted by molar-refractivity contribution is 7.15. The van der Waals surface area contributed by atoms with Crippen molar-refractivity contribution in [3.63, 3.8) is 0 Å². The summed E-state index contributed by atoms with van der Waals surface area (Å²) >= 11 is 1.57. The summed E-state index contributed by atoms with van der Waals surface area (Å²) in [5.74, 6) is -0.984. The number of thiazole rings is 1. The van der Waals surface area contributed by atoms with Gasteiger partial charge >= 0.3 is 5.97 Å². The molecule has 7 nitrogen and oxygen atoms in total. The Hall–Kier alpha value is -3.00. The van der Waals surface area contributed by atoms with Crippen LogP contribution in [0.15, 0.2) is 48.2 Å². The molecule has 1 N–H and O–H groups in total. The smallest absolute Gasteiger partial charge is 0.336 e. The van der Waals surface area contributed by atoms with Crippen LogP contribution in [-0.4, -0.2) is 35.5 Å². The van der Waals surface area contributed by atoms with Crippen LogP contribution in [0.4, 0.5) is 0 Å². The molecule has 0 aliphatic carbocycles. The van der Waals surface area contributed by atoms with Crippen LogP contribution >= 0.6 is 11.3 Å². The van der Waals surface area contributed by atoms with E-state index in [1.165, 1.54) is 0 Å². The van der Waals surface area contributed by atoms with E-state index in [2.05, 4.69) is 15.3 Å². The summed E-state index contributed by atoms with van der Waals surface area (Å²) in [6.07, 6.45) is 5.67. The number of nitrogens with zero attached hydrogens (tertiary/aromatic N) is 5. The Kier molecular flexibility index (Phi) is 3.39. The first kappa shape index (κ1) is 14.6. The van der Waals surface area contributed by atoms with Crippen LogP contribution in [-0.2, 0) is 0 Å². The topological polar surface area (TPSA) is 85.3 Å². The van der Waals surface area contributed by atoms with Crippen LogP contribution in [0.5, 0.6) is 0 Å². The first-order valence-electron chi connectivity index (χ1n) is 7.30. The second kappa shape index (κ2) is 5.57. The fourth-order valence-electron chi connectivity index (χ4n) is 2.56. The van der Waals surface area contributed by atoms with Gasteiger partial charge in [0.25, 0.3) is 0 Å². The SMILES string of the molecule is C[C@@H](c1cn2ccsc2n1)n1cc(-c2ccccc2C(=O)O)nn1. The molecule has 0 saturated carbocycles. The zero-order chi connectivity index (χ0) is 16.7. The van der Waals surface area contributed by atoms with E-state index in [0.717, 1.165) is 10.7 Å². The molecule has 1 atom stereocenters. The van der Waals surface area contributed by atoms with Crippen molar-refractivity contribution in [2.45, 2.75) is 13.0 Å². The summed E-state index contributed by atoms with van der Waals surface area (Å²) in [7, 11) is 0. The Bertz CT molecular complexity index is 1000. The molecule has 4 rings (SSSR count). The molecule has 0 saturated heterocycles. The molecule has 0 aliphatic heterocycles. The van der Waals surface area contributed by atoms with Crippen molar-refractivity contribution in [2.75, 3.05) is 0 Å². The van der Waals surface area contributed by atoms with Crippen LogP contribution < -0.4 is 0 Å². The van der Waals surface area contributed by atoms with Gasteiger partial charge in [-0.05, 0) is 13.0 Å². The molecular formula is C16H13N5O2S. The molecule has 3 heterocycles. The van der Waals surface area contributed by atoms with Gasteiger partial charge in [0, 0.05) is 23.3 Å². The van der Waals surface area contributed by atoms with E-state index < -0.39 is 5.97 Å². The maximum atomic E-state index is 11.4. The highest BCUT2D eigenvalue weighted by atomic mass is 32.1. The number of aromatic carboxylic acids is 1. The largest absolute Gasteiger partial charge is 0.478 e. The van der Waals surface area contributed by atoms with Gasteiger partial charge in [0.15, 0.2) is 4.96 Å². The average Bonchev–Trinajstić information content (AvgIpc) is 3.29. The van der Waals surface area contributed by atoms with E-state index >= 15 is 0 Å². The second-order valence-corrected chi connectivity index (χ2v) is 6.24. The number of fused-ring (bicyclic) bond motifs is 1. The number of hydrogen-bond donors (Lipinski definition) is 1. The van der Waals surface area contributed by atoms with E-state index in [-0.39, 0.29) is 11.6 Å². The van der Waals surface area contributed by atoms with Crippen molar-refractivity contribution in [3.05, 3.63) is 59.5 Å². The summed E-state index contributed by atoms with van der Waals surface area (Å²) < 4.78 is 3.66. The first-order valence-corrected chi connectivity index (χ1v) is 8.18. The molecule has 0 amide bonds. The third-order valence-electron chi connectivity index (χ3n) is 3.88. The molecule has 0 radical (unpaired) electrons. The number of hydrogen-bond acceptors (Lipinski definition) is 5. The zero-order valence-corrected chi connectivity index (χ0v) is 13.5. The molecule has 0 fully saturated rings. The van der Waals surface area contributed by atoms with Gasteiger partial charge in [-0.1, -0.05) is 23.4 Å². The quantitative estimate of drug-likeness (QED) is 0.618. The summed E-state index contributed by atoms with van der Waals surface area (Å²) in [5.41, 5.74) is 2.17. The minimum atomic E-state index is -0.984. The van der Waals surface area contributed by atoms with E-state index in [9.17, 15) is 9.90 Å². The average molecular weight is 339 g/mol. The molecule has 0 aliphatic rings. The lowest BCUT2D eigenvalue weighted by atomic mass is 10.1. The summed E-state index contributed by atoms with van der Waals surface area (Å²) in [6, 6.07) is 6.67. The Morgan fingerprint density at radius 2 is 2.12 bits per heavy atom. The van der Waals surface area contributed by atoms with E-state index in [1.807, 2.05) is 29.1 Å². The third kappa shape index (κ3) is 2.37. The van der Waals surface area contributed by atoms with E-state index in [4.69, 9.17) is 0 Å². The third-order valence-corrected chi connectivity index (χ3v) is 4.65. The molecule has 0 bridgehead atoms. The van der Waals surface area contributed by atoms with Gasteiger partial charge < -0.3 is 5.11 Å². The molecular weight excluding hydrogens is 326 g/mol. The molecule has 0 unspecified atom stereocenters. The highest BCUT2D eigenvalue weighted by Crippen LogP contribution is 2.24. The van der Waals surface area contributed by atoms with Crippen LogP contribution in [0.3, 0.4) is 0 Å². The van der Waals surface area contributed by atoms with Gasteiger partial charge in [-0.25, -0.2) is 14.5 Å². The predicted molar refractivity (Wildman–Crippen MR) is 89.3 cm³/mol. The number of carboxylic acid groups (broad SMARTS) is 1. The summed E-state index contributed by atoms with van der Waals surface area (Å²) in [4.78, 5) is 16.9. The Morgan fingerprint density at radius 1 is 1.29 bits per heavy atom. The lowest BCUT2D eigenvalue weighted by Gasteiger charge is -2.07. The normalized spacial score (nSPS) is 12.5. The van der Waals surface area contributed by atoms with Crippen molar-refractivity contribution in [3.8, 4) is 11.3 Å². The molecule has 8 heteroatoms. The number of benzene rings is 1. The minimum Gasteiger partial charge on any atom is -0.478 e. The molecule has 4 aromatic rings. The number of carboxylic acids is 1. The van der Waals surface area contributed by atoms with Crippen LogP contribution in [0.1, 0.15) is 29.0 Å². The van der Waals surface area contributed by atoms with Gasteiger partial charge in [-0.3, -0.25) is 4.40 Å². The first-order chi connectivity index (χ1) is 11.6. The van der Waals surface area contributed by atoms with E-state index in [0.29, 0.717) is 11.3 Å². The van der Waals surface area contributed by atoms with Gasteiger partial charge in [0.2, 0.25) is 0 Å². The van der Waals surface area contributed by atoms with Crippen LogP contribution in [0.25, 0.3) is 16.2 Å². The lowest BCUT2D eigenvalue weighted by Crippen LogP contribution is -2.07. The highest BCUT2D eigenvalue weighted by Gasteiger charge is 2.18. The minimum absolute atomic E-state index is 0.102. The second-order valence-electron chi connectivity index (χ2n) is 5.37. The number of aromatic nitrogens is 5. The number of carbonyl (C=O) groups is 1. The standard InChI is InChI=1S/C16H13N5O2S/c1-10(13-8-20-6-7-24-16(20)17-13)21-9-14(18-19-21)11-4-2-3-5-12(11)15(22)23/h2-10H,1H3,(H,22,23)/t10-/m0/s1. The fraction of sp³-hybridized carbons (Fsp3) is 0.125. The van der Waals surface area contributed by atoms with Crippen molar-refractivity contribution >= 4 is 22.3 Å². The molecule has 120 valence electrons. The maximum absolute atomic E-state index is 11.4. The van der Waals surface area contributed by atoms with Gasteiger partial charge in [0.05, 0.1) is 23.5 Å². The van der Waals surface area contributed by atoms with Crippen molar-refractivity contribution in [2.24, 2.45) is 0 Å². The van der Waals surface area contributed by atoms with Crippen molar-refractivity contribution in [1.82, 2.24) is 24.4 Å². The summed E-state index contributed by atoms with van der Waals surface area (Å²) in [6.45, 7) is 1.98. The number of imidazole rings is 1. The van der Waals surface area contributed by atoms with Gasteiger partial charge in [-0.2, -0.15) is 0 Å². The van der Waals surface area contributed by atoms with Crippen LogP contribution in [0, 0.1) is 0 Å². The van der Waals surface area contributed by atoms with Gasteiger partial charge in [0.1, 0.15) is 5.69 Å². The Balaban J connectivity index is 1.70. The molecule has 3 aromatic heterocycles. The monoisotopic (exact) mass is 339 g/mol.